The van der Waals surface area contributed by atoms with Crippen LogP contribution in [0, 0.1) is 0 Å². The van der Waals surface area contributed by atoms with E-state index >= 15 is 0 Å². The third kappa shape index (κ3) is 4.27. The Labute approximate surface area is 166 Å². The van der Waals surface area contributed by atoms with Gasteiger partial charge in [-0.15, -0.1) is 0 Å². The molecule has 140 valence electrons. The first-order chi connectivity index (χ1) is 12.9. The van der Waals surface area contributed by atoms with Crippen LogP contribution in [-0.4, -0.2) is 15.7 Å². The standard InChI is InChI=1S/C21H22BrN3O2/c1-13(2)20-18-11-16(22)9-10-17(18)21(27)25(24-20)12-19(26)23-14(3)15-7-5-4-6-8-15/h4-11,13-14H,12H2,1-3H3,(H,23,26). The Morgan fingerprint density at radius 3 is 2.48 bits per heavy atom. The van der Waals surface area contributed by atoms with Crippen LogP contribution in [0.3, 0.4) is 0 Å². The van der Waals surface area contributed by atoms with Gasteiger partial charge in [-0.25, -0.2) is 4.68 Å². The number of amides is 1. The van der Waals surface area contributed by atoms with E-state index in [4.69, 9.17) is 0 Å². The SMILES string of the molecule is CC(C)c1nn(CC(=O)NC(C)c2ccccc2)c(=O)c2ccc(Br)cc12. The molecular weight excluding hydrogens is 406 g/mol. The molecule has 0 saturated heterocycles. The highest BCUT2D eigenvalue weighted by molar-refractivity contribution is 9.10. The van der Waals surface area contributed by atoms with Crippen molar-refractivity contribution in [2.75, 3.05) is 0 Å². The van der Waals surface area contributed by atoms with E-state index in [-0.39, 0.29) is 30.0 Å². The number of hydrogen-bond acceptors (Lipinski definition) is 3. The van der Waals surface area contributed by atoms with Gasteiger partial charge in [-0.2, -0.15) is 5.10 Å². The van der Waals surface area contributed by atoms with Crippen LogP contribution in [-0.2, 0) is 11.3 Å². The molecule has 1 heterocycles. The average molecular weight is 428 g/mol. The minimum atomic E-state index is -0.260. The van der Waals surface area contributed by atoms with Gasteiger partial charge in [0.25, 0.3) is 5.56 Å². The first-order valence-electron chi connectivity index (χ1n) is 8.91. The molecular formula is C21H22BrN3O2. The van der Waals surface area contributed by atoms with Crippen molar-refractivity contribution < 1.29 is 4.79 Å². The summed E-state index contributed by atoms with van der Waals surface area (Å²) in [6.07, 6.45) is 0. The molecule has 6 heteroatoms. The van der Waals surface area contributed by atoms with Crippen molar-refractivity contribution in [3.63, 3.8) is 0 Å². The summed E-state index contributed by atoms with van der Waals surface area (Å²) in [7, 11) is 0. The van der Waals surface area contributed by atoms with Crippen LogP contribution in [0.4, 0.5) is 0 Å². The zero-order valence-electron chi connectivity index (χ0n) is 15.6. The van der Waals surface area contributed by atoms with E-state index in [0.717, 1.165) is 21.1 Å². The Balaban J connectivity index is 1.90. The first kappa shape index (κ1) is 19.3. The van der Waals surface area contributed by atoms with Crippen LogP contribution < -0.4 is 10.9 Å². The molecule has 1 N–H and O–H groups in total. The normalized spacial score (nSPS) is 12.3. The lowest BCUT2D eigenvalue weighted by Crippen LogP contribution is -2.35. The summed E-state index contributed by atoms with van der Waals surface area (Å²) >= 11 is 3.45. The van der Waals surface area contributed by atoms with E-state index in [1.54, 1.807) is 6.07 Å². The van der Waals surface area contributed by atoms with Gasteiger partial charge < -0.3 is 5.32 Å². The topological polar surface area (TPSA) is 64.0 Å². The van der Waals surface area contributed by atoms with Crippen molar-refractivity contribution in [3.8, 4) is 0 Å². The molecule has 0 saturated carbocycles. The molecule has 0 bridgehead atoms. The molecule has 1 aromatic heterocycles. The molecule has 5 nitrogen and oxygen atoms in total. The Morgan fingerprint density at radius 1 is 1.11 bits per heavy atom. The molecule has 27 heavy (non-hydrogen) atoms. The van der Waals surface area contributed by atoms with E-state index < -0.39 is 0 Å². The number of nitrogens with zero attached hydrogens (tertiary/aromatic N) is 2. The van der Waals surface area contributed by atoms with Crippen LogP contribution >= 0.6 is 15.9 Å². The fraction of sp³-hybridized carbons (Fsp3) is 0.286. The number of carbonyl (C=O) groups is 1. The number of rotatable bonds is 5. The minimum Gasteiger partial charge on any atom is -0.348 e. The van der Waals surface area contributed by atoms with Gasteiger partial charge in [-0.3, -0.25) is 9.59 Å². The summed E-state index contributed by atoms with van der Waals surface area (Å²) in [6.45, 7) is 5.85. The molecule has 0 radical (unpaired) electrons. The van der Waals surface area contributed by atoms with Crippen molar-refractivity contribution >= 4 is 32.6 Å². The molecule has 0 spiro atoms. The number of aromatic nitrogens is 2. The van der Waals surface area contributed by atoms with Gasteiger partial charge in [0.05, 0.1) is 17.1 Å². The second-order valence-electron chi connectivity index (χ2n) is 6.89. The fourth-order valence-electron chi connectivity index (χ4n) is 3.07. The fourth-order valence-corrected chi connectivity index (χ4v) is 3.43. The van der Waals surface area contributed by atoms with Crippen molar-refractivity contribution in [1.29, 1.82) is 0 Å². The summed E-state index contributed by atoms with van der Waals surface area (Å²) < 4.78 is 2.16. The van der Waals surface area contributed by atoms with Crippen molar-refractivity contribution in [3.05, 3.63) is 74.6 Å². The van der Waals surface area contributed by atoms with Crippen molar-refractivity contribution in [2.45, 2.75) is 39.3 Å². The molecule has 0 fully saturated rings. The predicted octanol–water partition coefficient (Wildman–Crippen LogP) is 4.16. The Hall–Kier alpha value is -2.47. The van der Waals surface area contributed by atoms with Crippen LogP contribution in [0.25, 0.3) is 10.8 Å². The van der Waals surface area contributed by atoms with Crippen LogP contribution in [0.15, 0.2) is 57.8 Å². The van der Waals surface area contributed by atoms with Crippen LogP contribution in [0.2, 0.25) is 0 Å². The number of benzene rings is 2. The Kier molecular flexibility index (Phi) is 5.75. The molecule has 1 unspecified atom stereocenters. The van der Waals surface area contributed by atoms with Gasteiger partial charge in [0.2, 0.25) is 5.91 Å². The first-order valence-corrected chi connectivity index (χ1v) is 9.70. The quantitative estimate of drug-likeness (QED) is 0.664. The maximum absolute atomic E-state index is 12.8. The summed E-state index contributed by atoms with van der Waals surface area (Å²) in [5.74, 6) is -0.118. The Morgan fingerprint density at radius 2 is 1.81 bits per heavy atom. The van der Waals surface area contributed by atoms with E-state index in [1.165, 1.54) is 4.68 Å². The highest BCUT2D eigenvalue weighted by Crippen LogP contribution is 2.24. The summed E-state index contributed by atoms with van der Waals surface area (Å²) in [4.78, 5) is 25.3. The molecule has 1 atom stereocenters. The van der Waals surface area contributed by atoms with E-state index in [1.807, 2.05) is 63.2 Å². The number of carbonyl (C=O) groups excluding carboxylic acids is 1. The molecule has 1 amide bonds. The monoisotopic (exact) mass is 427 g/mol. The van der Waals surface area contributed by atoms with Gasteiger partial charge in [-0.1, -0.05) is 60.1 Å². The van der Waals surface area contributed by atoms with Crippen molar-refractivity contribution in [1.82, 2.24) is 15.1 Å². The van der Waals surface area contributed by atoms with Gasteiger partial charge in [0, 0.05) is 9.86 Å². The molecule has 0 aliphatic rings. The number of hydrogen-bond donors (Lipinski definition) is 1. The number of halogens is 1. The van der Waals surface area contributed by atoms with E-state index in [0.29, 0.717) is 5.39 Å². The average Bonchev–Trinajstić information content (AvgIpc) is 2.64. The zero-order valence-corrected chi connectivity index (χ0v) is 17.2. The van der Waals surface area contributed by atoms with Gasteiger partial charge in [0.15, 0.2) is 0 Å². The molecule has 0 aliphatic heterocycles. The van der Waals surface area contributed by atoms with Crippen LogP contribution in [0.1, 0.15) is 44.0 Å². The second kappa shape index (κ2) is 8.05. The summed E-state index contributed by atoms with van der Waals surface area (Å²) in [6, 6.07) is 15.1. The third-order valence-electron chi connectivity index (χ3n) is 4.47. The largest absolute Gasteiger partial charge is 0.348 e. The van der Waals surface area contributed by atoms with Crippen molar-refractivity contribution in [2.24, 2.45) is 0 Å². The zero-order chi connectivity index (χ0) is 19.6. The van der Waals surface area contributed by atoms with E-state index in [9.17, 15) is 9.59 Å². The number of fused-ring (bicyclic) bond motifs is 1. The number of nitrogens with one attached hydrogen (secondary N) is 1. The maximum atomic E-state index is 12.8. The molecule has 3 aromatic rings. The smallest absolute Gasteiger partial charge is 0.275 e. The molecule has 2 aromatic carbocycles. The minimum absolute atomic E-state index is 0.109. The highest BCUT2D eigenvalue weighted by Gasteiger charge is 2.16. The molecule has 0 aliphatic carbocycles. The maximum Gasteiger partial charge on any atom is 0.275 e. The summed E-state index contributed by atoms with van der Waals surface area (Å²) in [5, 5.41) is 8.80. The lowest BCUT2D eigenvalue weighted by molar-refractivity contribution is -0.122. The second-order valence-corrected chi connectivity index (χ2v) is 7.81. The molecule has 3 rings (SSSR count). The van der Waals surface area contributed by atoms with Gasteiger partial charge in [0.1, 0.15) is 6.54 Å². The third-order valence-corrected chi connectivity index (χ3v) is 4.96. The lowest BCUT2D eigenvalue weighted by atomic mass is 10.0. The highest BCUT2D eigenvalue weighted by atomic mass is 79.9. The van der Waals surface area contributed by atoms with E-state index in [2.05, 4.69) is 26.3 Å². The summed E-state index contributed by atoms with van der Waals surface area (Å²) in [5.41, 5.74) is 1.55. The van der Waals surface area contributed by atoms with Gasteiger partial charge in [-0.05, 0) is 36.6 Å². The lowest BCUT2D eigenvalue weighted by Gasteiger charge is -2.16. The Bertz CT molecular complexity index is 1030. The van der Waals surface area contributed by atoms with Crippen LogP contribution in [0.5, 0.6) is 0 Å². The predicted molar refractivity (Wildman–Crippen MR) is 111 cm³/mol. The van der Waals surface area contributed by atoms with Gasteiger partial charge >= 0.3 is 0 Å².